The van der Waals surface area contributed by atoms with Crippen molar-refractivity contribution in [1.29, 1.82) is 0 Å². The minimum absolute atomic E-state index is 0.0692. The second-order valence-corrected chi connectivity index (χ2v) is 7.63. The molecule has 0 unspecified atom stereocenters. The number of aryl methyl sites for hydroxylation is 2. The van der Waals surface area contributed by atoms with Crippen LogP contribution in [0.15, 0.2) is 60.8 Å². The number of anilines is 1. The van der Waals surface area contributed by atoms with E-state index >= 15 is 0 Å². The first-order valence-electron chi connectivity index (χ1n) is 9.50. The fourth-order valence-corrected chi connectivity index (χ4v) is 4.10. The fraction of sp³-hybridized carbons (Fsp3) is 0.261. The largest absolute Gasteiger partial charge is 0.497 e. The lowest BCUT2D eigenvalue weighted by Crippen LogP contribution is -2.44. The van der Waals surface area contributed by atoms with Crippen molar-refractivity contribution < 1.29 is 4.74 Å². The first-order valence-corrected chi connectivity index (χ1v) is 9.91. The number of fused-ring (bicyclic) bond motifs is 1. The number of ether oxygens (including phenoxy) is 1. The normalized spacial score (nSPS) is 15.8. The third kappa shape index (κ3) is 3.50. The minimum Gasteiger partial charge on any atom is -0.497 e. The Labute approximate surface area is 171 Å². The van der Waals surface area contributed by atoms with E-state index in [4.69, 9.17) is 17.0 Å². The van der Waals surface area contributed by atoms with Crippen LogP contribution in [0.1, 0.15) is 28.4 Å². The summed E-state index contributed by atoms with van der Waals surface area (Å²) in [5.74, 6) is 0.859. The first kappa shape index (κ1) is 18.6. The van der Waals surface area contributed by atoms with Gasteiger partial charge in [0.25, 0.3) is 0 Å². The van der Waals surface area contributed by atoms with Crippen LogP contribution in [-0.2, 0) is 6.54 Å². The van der Waals surface area contributed by atoms with Crippen molar-refractivity contribution in [3.8, 4) is 5.75 Å². The fourth-order valence-electron chi connectivity index (χ4n) is 3.80. The zero-order valence-corrected chi connectivity index (χ0v) is 17.3. The van der Waals surface area contributed by atoms with Gasteiger partial charge in [0, 0.05) is 30.7 Å². The van der Waals surface area contributed by atoms with Crippen molar-refractivity contribution in [3.63, 3.8) is 0 Å². The molecule has 144 valence electrons. The van der Waals surface area contributed by atoms with Crippen LogP contribution >= 0.6 is 12.2 Å². The highest BCUT2D eigenvalue weighted by atomic mass is 32.1. The maximum absolute atomic E-state index is 5.87. The Hall–Kier alpha value is -2.79. The molecular weight excluding hydrogens is 366 g/mol. The van der Waals surface area contributed by atoms with Crippen LogP contribution in [0.5, 0.6) is 5.75 Å². The van der Waals surface area contributed by atoms with Crippen molar-refractivity contribution >= 4 is 23.0 Å². The molecule has 3 aromatic rings. The quantitative estimate of drug-likeness (QED) is 0.642. The number of benzene rings is 2. The van der Waals surface area contributed by atoms with Gasteiger partial charge in [-0.1, -0.05) is 24.3 Å². The summed E-state index contributed by atoms with van der Waals surface area (Å²) in [4.78, 5) is 2.29. The second-order valence-electron chi connectivity index (χ2n) is 7.24. The molecule has 2 aromatic carbocycles. The Morgan fingerprint density at radius 2 is 1.86 bits per heavy atom. The molecule has 0 saturated carbocycles. The first-order chi connectivity index (χ1) is 13.6. The Kier molecular flexibility index (Phi) is 5.09. The summed E-state index contributed by atoms with van der Waals surface area (Å²) in [6.45, 7) is 5.98. The molecule has 1 aliphatic heterocycles. The molecule has 4 rings (SSSR count). The summed E-state index contributed by atoms with van der Waals surface area (Å²) in [6, 6.07) is 19.0. The summed E-state index contributed by atoms with van der Waals surface area (Å²) in [6.07, 6.45) is 2.14. The monoisotopic (exact) mass is 391 g/mol. The molecular formula is C23H25N3OS. The van der Waals surface area contributed by atoms with Gasteiger partial charge in [0.15, 0.2) is 5.11 Å². The van der Waals surface area contributed by atoms with Gasteiger partial charge in [-0.2, -0.15) is 0 Å². The molecule has 0 fully saturated rings. The highest BCUT2D eigenvalue weighted by Gasteiger charge is 2.30. The van der Waals surface area contributed by atoms with E-state index in [1.165, 1.54) is 22.4 Å². The average Bonchev–Trinajstić information content (AvgIpc) is 3.19. The van der Waals surface area contributed by atoms with Crippen LogP contribution in [0.3, 0.4) is 0 Å². The van der Waals surface area contributed by atoms with Crippen LogP contribution in [-0.4, -0.2) is 28.2 Å². The molecule has 0 saturated heterocycles. The van der Waals surface area contributed by atoms with Crippen molar-refractivity contribution in [3.05, 3.63) is 83.2 Å². The number of nitrogens with zero attached hydrogens (tertiary/aromatic N) is 2. The summed E-state index contributed by atoms with van der Waals surface area (Å²) >= 11 is 5.87. The summed E-state index contributed by atoms with van der Waals surface area (Å²) in [7, 11) is 1.69. The van der Waals surface area contributed by atoms with E-state index in [2.05, 4.69) is 77.3 Å². The van der Waals surface area contributed by atoms with E-state index in [0.29, 0.717) is 0 Å². The number of nitrogens with one attached hydrogen (secondary N) is 1. The molecule has 5 heteroatoms. The molecule has 0 spiro atoms. The molecule has 4 nitrogen and oxygen atoms in total. The predicted octanol–water partition coefficient (Wildman–Crippen LogP) is 4.92. The molecule has 1 N–H and O–H groups in total. The van der Waals surface area contributed by atoms with Gasteiger partial charge in [-0.3, -0.25) is 0 Å². The van der Waals surface area contributed by atoms with E-state index in [0.717, 1.165) is 29.6 Å². The number of aromatic nitrogens is 1. The van der Waals surface area contributed by atoms with Gasteiger partial charge in [0.1, 0.15) is 5.75 Å². The third-order valence-corrected chi connectivity index (χ3v) is 5.70. The lowest BCUT2D eigenvalue weighted by atomic mass is 10.00. The van der Waals surface area contributed by atoms with Gasteiger partial charge < -0.3 is 19.5 Å². The van der Waals surface area contributed by atoms with E-state index in [1.54, 1.807) is 7.11 Å². The SMILES string of the molecule is COc1ccc([C@H]2c3cccn3CCN2C(=S)Nc2cc(C)ccc2C)cc1. The van der Waals surface area contributed by atoms with Gasteiger partial charge in [-0.15, -0.1) is 0 Å². The van der Waals surface area contributed by atoms with Gasteiger partial charge in [-0.05, 0) is 73.1 Å². The maximum Gasteiger partial charge on any atom is 0.174 e. The second kappa shape index (κ2) is 7.68. The summed E-state index contributed by atoms with van der Waals surface area (Å²) in [5, 5.41) is 4.24. The van der Waals surface area contributed by atoms with Crippen molar-refractivity contribution in [2.75, 3.05) is 19.0 Å². The van der Waals surface area contributed by atoms with Gasteiger partial charge >= 0.3 is 0 Å². The number of hydrogen-bond acceptors (Lipinski definition) is 2. The highest BCUT2D eigenvalue weighted by Crippen LogP contribution is 2.34. The van der Waals surface area contributed by atoms with E-state index < -0.39 is 0 Å². The van der Waals surface area contributed by atoms with Crippen LogP contribution in [0.25, 0.3) is 0 Å². The Morgan fingerprint density at radius 3 is 2.61 bits per heavy atom. The van der Waals surface area contributed by atoms with Crippen LogP contribution < -0.4 is 10.1 Å². The number of rotatable bonds is 3. The van der Waals surface area contributed by atoms with Gasteiger partial charge in [0.05, 0.1) is 13.2 Å². The Bertz CT molecular complexity index is 993. The molecule has 0 aliphatic carbocycles. The predicted molar refractivity (Wildman–Crippen MR) is 118 cm³/mol. The lowest BCUT2D eigenvalue weighted by molar-refractivity contribution is 0.293. The van der Waals surface area contributed by atoms with E-state index in [-0.39, 0.29) is 6.04 Å². The highest BCUT2D eigenvalue weighted by molar-refractivity contribution is 7.80. The Morgan fingerprint density at radius 1 is 1.07 bits per heavy atom. The molecule has 0 amide bonds. The molecule has 28 heavy (non-hydrogen) atoms. The molecule has 1 atom stereocenters. The maximum atomic E-state index is 5.87. The zero-order valence-electron chi connectivity index (χ0n) is 16.5. The van der Waals surface area contributed by atoms with Gasteiger partial charge in [0.2, 0.25) is 0 Å². The molecule has 1 aromatic heterocycles. The topological polar surface area (TPSA) is 29.4 Å². The number of methoxy groups -OCH3 is 1. The zero-order chi connectivity index (χ0) is 19.7. The van der Waals surface area contributed by atoms with Crippen molar-refractivity contribution in [2.45, 2.75) is 26.4 Å². The smallest absolute Gasteiger partial charge is 0.174 e. The van der Waals surface area contributed by atoms with E-state index in [1.807, 2.05) is 12.1 Å². The minimum atomic E-state index is 0.0692. The Balaban J connectivity index is 1.67. The molecule has 1 aliphatic rings. The van der Waals surface area contributed by atoms with Crippen LogP contribution in [0.2, 0.25) is 0 Å². The molecule has 0 bridgehead atoms. The average molecular weight is 392 g/mol. The lowest BCUT2D eigenvalue weighted by Gasteiger charge is -2.39. The number of thiocarbonyl (C=S) groups is 1. The van der Waals surface area contributed by atoms with Crippen LogP contribution in [0.4, 0.5) is 5.69 Å². The standard InChI is InChI=1S/C23H25N3OS/c1-16-6-7-17(2)20(15-16)24-23(28)26-14-13-25-12-4-5-21(25)22(26)18-8-10-19(27-3)11-9-18/h4-12,15,22H,13-14H2,1-3H3,(H,24,28)/t22-/m0/s1. The van der Waals surface area contributed by atoms with E-state index in [9.17, 15) is 0 Å². The summed E-state index contributed by atoms with van der Waals surface area (Å²) in [5.41, 5.74) is 5.93. The third-order valence-electron chi connectivity index (χ3n) is 5.37. The summed E-state index contributed by atoms with van der Waals surface area (Å²) < 4.78 is 7.64. The molecule has 2 heterocycles. The van der Waals surface area contributed by atoms with Crippen LogP contribution in [0, 0.1) is 13.8 Å². The molecule has 0 radical (unpaired) electrons. The number of hydrogen-bond donors (Lipinski definition) is 1. The van der Waals surface area contributed by atoms with Gasteiger partial charge in [-0.25, -0.2) is 0 Å². The van der Waals surface area contributed by atoms with Crippen molar-refractivity contribution in [2.24, 2.45) is 0 Å². The van der Waals surface area contributed by atoms with Crippen molar-refractivity contribution in [1.82, 2.24) is 9.47 Å².